The van der Waals surface area contributed by atoms with Crippen LogP contribution >= 0.6 is 0 Å². The average Bonchev–Trinajstić information content (AvgIpc) is 2.97. The largest absolute Gasteiger partial charge is 0.507 e. The molecule has 0 radical (unpaired) electrons. The lowest BCUT2D eigenvalue weighted by Gasteiger charge is -2.28. The van der Waals surface area contributed by atoms with E-state index in [4.69, 9.17) is 9.15 Å². The van der Waals surface area contributed by atoms with Crippen molar-refractivity contribution in [1.82, 2.24) is 0 Å². The first kappa shape index (κ1) is 20.1. The van der Waals surface area contributed by atoms with Crippen LogP contribution in [-0.2, 0) is 0 Å². The summed E-state index contributed by atoms with van der Waals surface area (Å²) >= 11 is 0. The molecule has 6 heteroatoms. The molecule has 0 saturated heterocycles. The van der Waals surface area contributed by atoms with Gasteiger partial charge in [0.15, 0.2) is 11.3 Å². The van der Waals surface area contributed by atoms with E-state index >= 15 is 0 Å². The van der Waals surface area contributed by atoms with E-state index in [0.717, 1.165) is 18.4 Å². The zero-order valence-electron chi connectivity index (χ0n) is 17.6. The summed E-state index contributed by atoms with van der Waals surface area (Å²) in [7, 11) is 1.36. The Labute approximate surface area is 174 Å². The van der Waals surface area contributed by atoms with E-state index in [1.54, 1.807) is 0 Å². The molecule has 158 valence electrons. The predicted octanol–water partition coefficient (Wildman–Crippen LogP) is 5.17. The minimum Gasteiger partial charge on any atom is -0.507 e. The molecule has 0 bridgehead atoms. The predicted molar refractivity (Wildman–Crippen MR) is 116 cm³/mol. The topological polar surface area (TPSA) is 100 Å². The van der Waals surface area contributed by atoms with Gasteiger partial charge in [0, 0.05) is 11.6 Å². The second-order valence-electron chi connectivity index (χ2n) is 8.98. The second-order valence-corrected chi connectivity index (χ2v) is 8.98. The van der Waals surface area contributed by atoms with Gasteiger partial charge in [-0.15, -0.1) is 0 Å². The lowest BCUT2D eigenvalue weighted by Crippen LogP contribution is -2.16. The fraction of sp³-hybridized carbons (Fsp3) is 0.375. The van der Waals surface area contributed by atoms with Crippen molar-refractivity contribution in [1.29, 1.82) is 0 Å². The minimum atomic E-state index is -0.449. The Morgan fingerprint density at radius 1 is 1.23 bits per heavy atom. The van der Waals surface area contributed by atoms with Crippen molar-refractivity contribution < 1.29 is 24.5 Å². The SMILES string of the molecule is C=C(C)[C@H]1C[C@H](c2c(O)cc3oc4c(OC)c(O)ccc4c(=O)c3c2O)C(C)(C)C1. The maximum Gasteiger partial charge on any atom is 0.204 e. The number of rotatable bonds is 3. The highest BCUT2D eigenvalue weighted by atomic mass is 16.5. The van der Waals surface area contributed by atoms with Crippen molar-refractivity contribution in [2.24, 2.45) is 11.3 Å². The van der Waals surface area contributed by atoms with Crippen LogP contribution < -0.4 is 10.2 Å². The fourth-order valence-electron chi connectivity index (χ4n) is 4.91. The molecule has 0 amide bonds. The lowest BCUT2D eigenvalue weighted by atomic mass is 9.76. The summed E-state index contributed by atoms with van der Waals surface area (Å²) in [6.45, 7) is 10.3. The average molecular weight is 410 g/mol. The maximum absolute atomic E-state index is 13.2. The van der Waals surface area contributed by atoms with Gasteiger partial charge in [0.05, 0.1) is 12.5 Å². The molecule has 2 atom stereocenters. The van der Waals surface area contributed by atoms with Crippen LogP contribution in [0.5, 0.6) is 23.0 Å². The Morgan fingerprint density at radius 3 is 2.53 bits per heavy atom. The molecule has 0 aliphatic heterocycles. The first-order valence-corrected chi connectivity index (χ1v) is 9.93. The standard InChI is InChI=1S/C24H26O6/c1-11(2)12-8-14(24(3,4)10-12)18-16(26)9-17-19(21(18)28)20(27)13-6-7-15(25)23(29-5)22(13)30-17/h6-7,9,12,14,25-26,28H,1,8,10H2,2-5H3/t12-,14+/m0/s1. The first-order chi connectivity index (χ1) is 14.1. The summed E-state index contributed by atoms with van der Waals surface area (Å²) in [6.07, 6.45) is 1.61. The molecular weight excluding hydrogens is 384 g/mol. The highest BCUT2D eigenvalue weighted by Crippen LogP contribution is 2.57. The Kier molecular flexibility index (Phi) is 4.49. The molecule has 0 unspecified atom stereocenters. The molecule has 6 nitrogen and oxygen atoms in total. The third-order valence-electron chi connectivity index (χ3n) is 6.54. The maximum atomic E-state index is 13.2. The van der Waals surface area contributed by atoms with Gasteiger partial charge in [-0.25, -0.2) is 0 Å². The molecule has 30 heavy (non-hydrogen) atoms. The molecule has 1 saturated carbocycles. The van der Waals surface area contributed by atoms with E-state index in [0.29, 0.717) is 5.56 Å². The third kappa shape index (κ3) is 2.82. The number of hydrogen-bond acceptors (Lipinski definition) is 6. The quantitative estimate of drug-likeness (QED) is 0.407. The van der Waals surface area contributed by atoms with Crippen LogP contribution in [0.25, 0.3) is 21.9 Å². The van der Waals surface area contributed by atoms with Gasteiger partial charge < -0.3 is 24.5 Å². The summed E-state index contributed by atoms with van der Waals surface area (Å²) in [5.41, 5.74) is 0.887. The molecule has 1 aliphatic rings. The monoisotopic (exact) mass is 410 g/mol. The number of phenols is 3. The van der Waals surface area contributed by atoms with Gasteiger partial charge >= 0.3 is 0 Å². The summed E-state index contributed by atoms with van der Waals surface area (Å²) in [5.74, 6) is -0.394. The molecule has 3 aromatic rings. The highest BCUT2D eigenvalue weighted by Gasteiger charge is 2.44. The summed E-state index contributed by atoms with van der Waals surface area (Å²) in [5, 5.41) is 32.2. The van der Waals surface area contributed by atoms with Crippen LogP contribution in [0.15, 0.2) is 39.6 Å². The van der Waals surface area contributed by atoms with Gasteiger partial charge in [0.2, 0.25) is 11.2 Å². The molecule has 0 spiro atoms. The van der Waals surface area contributed by atoms with Crippen molar-refractivity contribution in [3.05, 3.63) is 46.1 Å². The van der Waals surface area contributed by atoms with Crippen molar-refractivity contribution in [3.63, 3.8) is 0 Å². The molecule has 1 fully saturated rings. The van der Waals surface area contributed by atoms with Gasteiger partial charge in [-0.1, -0.05) is 26.0 Å². The number of methoxy groups -OCH3 is 1. The summed E-state index contributed by atoms with van der Waals surface area (Å²) < 4.78 is 11.0. The molecule has 3 N–H and O–H groups in total. The Morgan fingerprint density at radius 2 is 1.93 bits per heavy atom. The number of ether oxygens (including phenoxy) is 1. The number of benzene rings is 2. The zero-order chi connectivity index (χ0) is 22.0. The Bertz CT molecular complexity index is 1250. The lowest BCUT2D eigenvalue weighted by molar-refractivity contribution is 0.311. The smallest absolute Gasteiger partial charge is 0.204 e. The Balaban J connectivity index is 2.02. The summed E-state index contributed by atoms with van der Waals surface area (Å²) in [4.78, 5) is 13.2. The number of hydrogen-bond donors (Lipinski definition) is 3. The van der Waals surface area contributed by atoms with E-state index in [-0.39, 0.29) is 62.2 Å². The van der Waals surface area contributed by atoms with Crippen LogP contribution in [0.2, 0.25) is 0 Å². The van der Waals surface area contributed by atoms with Crippen LogP contribution in [0.1, 0.15) is 45.1 Å². The van der Waals surface area contributed by atoms with Gasteiger partial charge in [0.1, 0.15) is 22.5 Å². The molecule has 1 aliphatic carbocycles. The molecule has 4 rings (SSSR count). The van der Waals surface area contributed by atoms with Crippen LogP contribution in [0.4, 0.5) is 0 Å². The van der Waals surface area contributed by atoms with Crippen molar-refractivity contribution in [2.75, 3.05) is 7.11 Å². The van der Waals surface area contributed by atoms with Crippen LogP contribution in [0, 0.1) is 11.3 Å². The molecule has 1 heterocycles. The van der Waals surface area contributed by atoms with Crippen molar-refractivity contribution in [3.8, 4) is 23.0 Å². The molecular formula is C24H26O6. The van der Waals surface area contributed by atoms with E-state index in [1.165, 1.54) is 25.3 Å². The van der Waals surface area contributed by atoms with Crippen LogP contribution in [-0.4, -0.2) is 22.4 Å². The zero-order valence-corrected chi connectivity index (χ0v) is 17.6. The summed E-state index contributed by atoms with van der Waals surface area (Å²) in [6, 6.07) is 4.14. The molecule has 2 aromatic carbocycles. The van der Waals surface area contributed by atoms with Gasteiger partial charge in [-0.3, -0.25) is 4.79 Å². The third-order valence-corrected chi connectivity index (χ3v) is 6.54. The second kappa shape index (κ2) is 6.69. The van der Waals surface area contributed by atoms with Gasteiger partial charge in [-0.05, 0) is 49.1 Å². The fourth-order valence-corrected chi connectivity index (χ4v) is 4.91. The number of aromatic hydroxyl groups is 3. The molecule has 1 aromatic heterocycles. The normalized spacial score (nSPS) is 20.7. The number of fused-ring (bicyclic) bond motifs is 2. The van der Waals surface area contributed by atoms with E-state index < -0.39 is 5.43 Å². The number of allylic oxidation sites excluding steroid dienone is 1. The van der Waals surface area contributed by atoms with Gasteiger partial charge in [0.25, 0.3) is 0 Å². The van der Waals surface area contributed by atoms with Crippen molar-refractivity contribution >= 4 is 21.9 Å². The first-order valence-electron chi connectivity index (χ1n) is 9.93. The van der Waals surface area contributed by atoms with E-state index in [2.05, 4.69) is 20.4 Å². The van der Waals surface area contributed by atoms with E-state index in [1.807, 2.05) is 6.92 Å². The van der Waals surface area contributed by atoms with E-state index in [9.17, 15) is 20.1 Å². The minimum absolute atomic E-state index is 0.0117. The highest BCUT2D eigenvalue weighted by molar-refractivity contribution is 5.97. The van der Waals surface area contributed by atoms with Crippen LogP contribution in [0.3, 0.4) is 0 Å². The number of phenolic OH excluding ortho intramolecular Hbond substituents is 3. The van der Waals surface area contributed by atoms with Gasteiger partial charge in [-0.2, -0.15) is 0 Å². The Hall–Kier alpha value is -3.15. The van der Waals surface area contributed by atoms with Crippen molar-refractivity contribution in [2.45, 2.75) is 39.5 Å².